The van der Waals surface area contributed by atoms with Crippen molar-refractivity contribution in [2.75, 3.05) is 6.61 Å². The summed E-state index contributed by atoms with van der Waals surface area (Å²) in [6.07, 6.45) is 1.52. The van der Waals surface area contributed by atoms with E-state index >= 15 is 0 Å². The third-order valence-electron chi connectivity index (χ3n) is 4.33. The summed E-state index contributed by atoms with van der Waals surface area (Å²) in [7, 11) is 0. The highest BCUT2D eigenvalue weighted by Gasteiger charge is 2.26. The lowest BCUT2D eigenvalue weighted by atomic mass is 10.1. The minimum Gasteiger partial charge on any atom is -0.461 e. The Kier molecular flexibility index (Phi) is 6.28. The SMILES string of the molecule is CCOC(=O)c1noc2ncn([C@H](CC)C(=O)NCc3ccccc3Cl)c(=O)c12. The van der Waals surface area contributed by atoms with E-state index in [1.807, 2.05) is 6.07 Å². The number of fused-ring (bicyclic) bond motifs is 1. The van der Waals surface area contributed by atoms with Crippen molar-refractivity contribution in [3.05, 3.63) is 57.2 Å². The van der Waals surface area contributed by atoms with Crippen LogP contribution in [0.3, 0.4) is 0 Å². The number of carbonyl (C=O) groups excluding carboxylic acids is 2. The van der Waals surface area contributed by atoms with Crippen molar-refractivity contribution < 1.29 is 18.8 Å². The van der Waals surface area contributed by atoms with E-state index in [0.717, 1.165) is 10.1 Å². The first kappa shape index (κ1) is 20.5. The van der Waals surface area contributed by atoms with Gasteiger partial charge in [0.15, 0.2) is 0 Å². The molecular formula is C19H19ClN4O5. The number of benzene rings is 1. The summed E-state index contributed by atoms with van der Waals surface area (Å²) in [5, 5.41) is 6.78. The molecule has 10 heteroatoms. The Balaban J connectivity index is 1.90. The average molecular weight is 419 g/mol. The maximum absolute atomic E-state index is 13.0. The number of ether oxygens (including phenoxy) is 1. The first-order valence-corrected chi connectivity index (χ1v) is 9.40. The second-order valence-electron chi connectivity index (χ2n) is 6.12. The quantitative estimate of drug-likeness (QED) is 0.586. The predicted molar refractivity (Wildman–Crippen MR) is 105 cm³/mol. The van der Waals surface area contributed by atoms with Gasteiger partial charge in [0.05, 0.1) is 6.61 Å². The van der Waals surface area contributed by atoms with Gasteiger partial charge in [0.25, 0.3) is 11.3 Å². The Labute approximate surface area is 170 Å². The molecule has 0 aliphatic heterocycles. The molecule has 3 aromatic rings. The second kappa shape index (κ2) is 8.87. The van der Waals surface area contributed by atoms with Crippen LogP contribution < -0.4 is 10.9 Å². The number of hydrogen-bond donors (Lipinski definition) is 1. The Morgan fingerprint density at radius 1 is 1.31 bits per heavy atom. The predicted octanol–water partition coefficient (Wildman–Crippen LogP) is 2.48. The molecule has 0 saturated carbocycles. The number of nitrogens with zero attached hydrogens (tertiary/aromatic N) is 3. The van der Waals surface area contributed by atoms with Crippen LogP contribution in [0, 0.1) is 0 Å². The van der Waals surface area contributed by atoms with E-state index in [1.54, 1.807) is 32.0 Å². The smallest absolute Gasteiger partial charge is 0.361 e. The zero-order valence-corrected chi connectivity index (χ0v) is 16.6. The molecule has 1 amide bonds. The molecule has 2 heterocycles. The summed E-state index contributed by atoms with van der Waals surface area (Å²) in [5.74, 6) is -1.18. The zero-order valence-electron chi connectivity index (χ0n) is 15.8. The molecule has 0 aliphatic carbocycles. The first-order chi connectivity index (χ1) is 14.0. The summed E-state index contributed by atoms with van der Waals surface area (Å²) in [5.41, 5.74) is -0.221. The van der Waals surface area contributed by atoms with E-state index in [1.165, 1.54) is 6.33 Å². The van der Waals surface area contributed by atoms with Crippen LogP contribution in [0.1, 0.15) is 42.4 Å². The summed E-state index contributed by atoms with van der Waals surface area (Å²) in [6, 6.07) is 6.29. The number of hydrogen-bond acceptors (Lipinski definition) is 7. The molecule has 1 N–H and O–H groups in total. The summed E-state index contributed by atoms with van der Waals surface area (Å²) in [6.45, 7) is 3.72. The van der Waals surface area contributed by atoms with Gasteiger partial charge in [-0.15, -0.1) is 0 Å². The van der Waals surface area contributed by atoms with Gasteiger partial charge in [0, 0.05) is 11.6 Å². The van der Waals surface area contributed by atoms with Gasteiger partial charge >= 0.3 is 5.97 Å². The minimum atomic E-state index is -0.841. The van der Waals surface area contributed by atoms with Crippen LogP contribution in [0.5, 0.6) is 0 Å². The molecule has 0 unspecified atom stereocenters. The van der Waals surface area contributed by atoms with Crippen LogP contribution in [0.4, 0.5) is 0 Å². The molecule has 3 rings (SSSR count). The second-order valence-corrected chi connectivity index (χ2v) is 6.53. The van der Waals surface area contributed by atoms with E-state index < -0.39 is 17.6 Å². The standard InChI is InChI=1S/C19H19ClN4O5/c1-3-13(16(25)21-9-11-7-5-6-8-12(11)20)24-10-22-17-14(18(24)26)15(23-29-17)19(27)28-4-2/h5-8,10,13H,3-4,9H2,1-2H3,(H,21,25)/t13-/m1/s1. The fraction of sp³-hybridized carbons (Fsp3) is 0.316. The first-order valence-electron chi connectivity index (χ1n) is 9.02. The van der Waals surface area contributed by atoms with Gasteiger partial charge in [-0.2, -0.15) is 0 Å². The van der Waals surface area contributed by atoms with Crippen LogP contribution in [-0.4, -0.2) is 33.2 Å². The molecule has 29 heavy (non-hydrogen) atoms. The molecule has 0 saturated heterocycles. The lowest BCUT2D eigenvalue weighted by Crippen LogP contribution is -2.37. The van der Waals surface area contributed by atoms with Gasteiger partial charge in [-0.1, -0.05) is 41.9 Å². The molecule has 0 aliphatic rings. The maximum atomic E-state index is 13.0. The average Bonchev–Trinajstić information content (AvgIpc) is 3.15. The Morgan fingerprint density at radius 2 is 2.07 bits per heavy atom. The van der Waals surface area contributed by atoms with Crippen molar-refractivity contribution in [2.45, 2.75) is 32.9 Å². The number of halogens is 1. The molecule has 1 atom stereocenters. The highest BCUT2D eigenvalue weighted by atomic mass is 35.5. The lowest BCUT2D eigenvalue weighted by molar-refractivity contribution is -0.124. The molecule has 0 radical (unpaired) electrons. The number of carbonyl (C=O) groups is 2. The van der Waals surface area contributed by atoms with Crippen molar-refractivity contribution in [1.29, 1.82) is 0 Å². The van der Waals surface area contributed by atoms with Crippen molar-refractivity contribution in [1.82, 2.24) is 20.0 Å². The molecule has 0 spiro atoms. The number of nitrogens with one attached hydrogen (secondary N) is 1. The van der Waals surface area contributed by atoms with E-state index in [0.29, 0.717) is 11.4 Å². The van der Waals surface area contributed by atoms with Crippen LogP contribution in [0.15, 0.2) is 39.9 Å². The molecule has 152 valence electrons. The highest BCUT2D eigenvalue weighted by molar-refractivity contribution is 6.31. The fourth-order valence-corrected chi connectivity index (χ4v) is 3.07. The van der Waals surface area contributed by atoms with E-state index in [2.05, 4.69) is 15.5 Å². The van der Waals surface area contributed by atoms with Gasteiger partial charge < -0.3 is 14.6 Å². The van der Waals surface area contributed by atoms with Crippen LogP contribution in [0.25, 0.3) is 11.1 Å². The number of aromatic nitrogens is 3. The highest BCUT2D eigenvalue weighted by Crippen LogP contribution is 2.17. The van der Waals surface area contributed by atoms with Crippen LogP contribution in [0.2, 0.25) is 5.02 Å². The monoisotopic (exact) mass is 418 g/mol. The van der Waals surface area contributed by atoms with Crippen molar-refractivity contribution in [2.24, 2.45) is 0 Å². The van der Waals surface area contributed by atoms with Gasteiger partial charge in [-0.05, 0) is 25.0 Å². The lowest BCUT2D eigenvalue weighted by Gasteiger charge is -2.17. The molecule has 2 aromatic heterocycles. The molecular weight excluding hydrogens is 400 g/mol. The van der Waals surface area contributed by atoms with E-state index in [9.17, 15) is 14.4 Å². The third-order valence-corrected chi connectivity index (χ3v) is 4.70. The summed E-state index contributed by atoms with van der Waals surface area (Å²) < 4.78 is 11.0. The third kappa shape index (κ3) is 4.14. The molecule has 0 fully saturated rings. The molecule has 1 aromatic carbocycles. The van der Waals surface area contributed by atoms with Gasteiger partial charge in [0.1, 0.15) is 17.8 Å². The van der Waals surface area contributed by atoms with Crippen LogP contribution >= 0.6 is 11.6 Å². The normalized spacial score (nSPS) is 12.0. The van der Waals surface area contributed by atoms with Crippen molar-refractivity contribution in [3.8, 4) is 0 Å². The summed E-state index contributed by atoms with van der Waals surface area (Å²) >= 11 is 6.11. The number of amides is 1. The largest absolute Gasteiger partial charge is 0.461 e. The fourth-order valence-electron chi connectivity index (χ4n) is 2.87. The van der Waals surface area contributed by atoms with E-state index in [-0.39, 0.29) is 35.9 Å². The zero-order chi connectivity index (χ0) is 21.0. The Morgan fingerprint density at radius 3 is 2.76 bits per heavy atom. The number of esters is 1. The topological polar surface area (TPSA) is 116 Å². The van der Waals surface area contributed by atoms with Crippen molar-refractivity contribution >= 4 is 34.6 Å². The van der Waals surface area contributed by atoms with Gasteiger partial charge in [-0.25, -0.2) is 9.78 Å². The number of rotatable bonds is 7. The van der Waals surface area contributed by atoms with E-state index in [4.69, 9.17) is 20.9 Å². The van der Waals surface area contributed by atoms with Crippen molar-refractivity contribution in [3.63, 3.8) is 0 Å². The Hall–Kier alpha value is -3.20. The molecule has 0 bridgehead atoms. The van der Waals surface area contributed by atoms with Gasteiger partial charge in [-0.3, -0.25) is 14.2 Å². The van der Waals surface area contributed by atoms with Crippen LogP contribution in [-0.2, 0) is 16.1 Å². The minimum absolute atomic E-state index is 0.0966. The molecule has 9 nitrogen and oxygen atoms in total. The Bertz CT molecular complexity index is 1110. The summed E-state index contributed by atoms with van der Waals surface area (Å²) in [4.78, 5) is 41.8. The van der Waals surface area contributed by atoms with Gasteiger partial charge in [0.2, 0.25) is 11.6 Å². The maximum Gasteiger partial charge on any atom is 0.361 e.